The number of hydrogen-bond donors (Lipinski definition) is 3. The molecule has 162 valence electrons. The Bertz CT molecular complexity index is 462. The van der Waals surface area contributed by atoms with Crippen LogP contribution in [0.2, 0.25) is 0 Å². The second-order valence-corrected chi connectivity index (χ2v) is 7.39. The van der Waals surface area contributed by atoms with Gasteiger partial charge in [0.05, 0.1) is 6.42 Å². The van der Waals surface area contributed by atoms with Gasteiger partial charge in [-0.25, -0.2) is 4.79 Å². The molecular formula is C22H39NO5. The maximum atomic E-state index is 11.7. The SMILES string of the molecule is CCCCCCCC/C=C/CCCCCCCC(=O)NC(CC(=O)O)C(=O)O. The maximum Gasteiger partial charge on any atom is 0.326 e. The lowest BCUT2D eigenvalue weighted by Gasteiger charge is -2.12. The first kappa shape index (κ1) is 26.1. The number of amides is 1. The summed E-state index contributed by atoms with van der Waals surface area (Å²) in [5.74, 6) is -2.96. The van der Waals surface area contributed by atoms with Gasteiger partial charge in [-0.05, 0) is 32.1 Å². The average molecular weight is 398 g/mol. The van der Waals surface area contributed by atoms with E-state index in [-0.39, 0.29) is 6.42 Å². The molecule has 0 bridgehead atoms. The highest BCUT2D eigenvalue weighted by Crippen LogP contribution is 2.10. The molecule has 0 aliphatic heterocycles. The van der Waals surface area contributed by atoms with Gasteiger partial charge in [0.15, 0.2) is 0 Å². The van der Waals surface area contributed by atoms with E-state index >= 15 is 0 Å². The fraction of sp³-hybridized carbons (Fsp3) is 0.773. The molecule has 28 heavy (non-hydrogen) atoms. The highest BCUT2D eigenvalue weighted by Gasteiger charge is 2.22. The summed E-state index contributed by atoms with van der Waals surface area (Å²) >= 11 is 0. The summed E-state index contributed by atoms with van der Waals surface area (Å²) in [5.41, 5.74) is 0. The van der Waals surface area contributed by atoms with Crippen molar-refractivity contribution in [2.45, 2.75) is 109 Å². The van der Waals surface area contributed by atoms with Gasteiger partial charge < -0.3 is 15.5 Å². The molecule has 0 spiro atoms. The lowest BCUT2D eigenvalue weighted by molar-refractivity contribution is -0.147. The van der Waals surface area contributed by atoms with Gasteiger partial charge in [0.1, 0.15) is 6.04 Å². The van der Waals surface area contributed by atoms with E-state index in [1.807, 2.05) is 0 Å². The molecule has 0 aliphatic rings. The van der Waals surface area contributed by atoms with Crippen LogP contribution >= 0.6 is 0 Å². The largest absolute Gasteiger partial charge is 0.481 e. The molecule has 3 N–H and O–H groups in total. The van der Waals surface area contributed by atoms with Crippen LogP contribution in [0, 0.1) is 0 Å². The molecule has 0 aliphatic carbocycles. The Hall–Kier alpha value is -1.85. The van der Waals surface area contributed by atoms with E-state index in [1.54, 1.807) is 0 Å². The third-order valence-corrected chi connectivity index (χ3v) is 4.68. The van der Waals surface area contributed by atoms with Crippen LogP contribution in [0.1, 0.15) is 103 Å². The van der Waals surface area contributed by atoms with Crippen LogP contribution in [0.25, 0.3) is 0 Å². The minimum Gasteiger partial charge on any atom is -0.481 e. The van der Waals surface area contributed by atoms with Gasteiger partial charge in [0.2, 0.25) is 5.91 Å². The van der Waals surface area contributed by atoms with Crippen molar-refractivity contribution < 1.29 is 24.6 Å². The van der Waals surface area contributed by atoms with Gasteiger partial charge in [0.25, 0.3) is 0 Å². The smallest absolute Gasteiger partial charge is 0.326 e. The average Bonchev–Trinajstić information content (AvgIpc) is 2.64. The Balaban J connectivity index is 3.51. The first-order chi connectivity index (χ1) is 13.5. The van der Waals surface area contributed by atoms with E-state index in [0.29, 0.717) is 6.42 Å². The molecular weight excluding hydrogens is 358 g/mol. The highest BCUT2D eigenvalue weighted by molar-refractivity contribution is 5.86. The molecule has 0 rings (SSSR count). The zero-order valence-corrected chi connectivity index (χ0v) is 17.5. The number of carbonyl (C=O) groups is 3. The third kappa shape index (κ3) is 17.6. The van der Waals surface area contributed by atoms with E-state index in [1.165, 1.54) is 44.9 Å². The van der Waals surface area contributed by atoms with Crippen molar-refractivity contribution in [3.05, 3.63) is 12.2 Å². The van der Waals surface area contributed by atoms with Gasteiger partial charge in [-0.15, -0.1) is 0 Å². The molecule has 1 atom stereocenters. The van der Waals surface area contributed by atoms with Crippen LogP contribution in [0.15, 0.2) is 12.2 Å². The Labute approximate surface area is 169 Å². The lowest BCUT2D eigenvalue weighted by atomic mass is 10.1. The quantitative estimate of drug-likeness (QED) is 0.209. The van der Waals surface area contributed by atoms with Crippen molar-refractivity contribution >= 4 is 17.8 Å². The number of nitrogens with one attached hydrogen (secondary N) is 1. The van der Waals surface area contributed by atoms with Crippen LogP contribution in [0.4, 0.5) is 0 Å². The summed E-state index contributed by atoms with van der Waals surface area (Å²) < 4.78 is 0. The van der Waals surface area contributed by atoms with E-state index in [0.717, 1.165) is 32.1 Å². The van der Waals surface area contributed by atoms with E-state index < -0.39 is 30.3 Å². The minimum atomic E-state index is -1.35. The third-order valence-electron chi connectivity index (χ3n) is 4.68. The summed E-state index contributed by atoms with van der Waals surface area (Å²) in [6, 6.07) is -1.35. The van der Waals surface area contributed by atoms with E-state index in [4.69, 9.17) is 10.2 Å². The number of hydrogen-bond acceptors (Lipinski definition) is 3. The number of unbranched alkanes of at least 4 members (excludes halogenated alkanes) is 11. The molecule has 0 aromatic rings. The summed E-state index contributed by atoms with van der Waals surface area (Å²) in [6.07, 6.45) is 19.4. The van der Waals surface area contributed by atoms with Crippen molar-refractivity contribution in [3.63, 3.8) is 0 Å². The fourth-order valence-corrected chi connectivity index (χ4v) is 3.00. The number of allylic oxidation sites excluding steroid dienone is 2. The summed E-state index contributed by atoms with van der Waals surface area (Å²) in [6.45, 7) is 2.24. The second kappa shape index (κ2) is 18.5. The standard InChI is InChI=1S/C22H39NO5/c1-2-3-4-5-6-7-8-9-10-11-12-13-14-15-16-17-20(24)23-19(22(27)28)18-21(25)26/h9-10,19H,2-8,11-18H2,1H3,(H,23,24)(H,25,26)(H,27,28)/b10-9+. The summed E-state index contributed by atoms with van der Waals surface area (Å²) in [4.78, 5) is 33.2. The number of aliphatic carboxylic acids is 2. The fourth-order valence-electron chi connectivity index (χ4n) is 3.00. The number of carboxylic acid groups (broad SMARTS) is 2. The highest BCUT2D eigenvalue weighted by atomic mass is 16.4. The molecule has 0 saturated heterocycles. The number of carbonyl (C=O) groups excluding carboxylic acids is 1. The maximum absolute atomic E-state index is 11.7. The Morgan fingerprint density at radius 2 is 1.29 bits per heavy atom. The zero-order valence-electron chi connectivity index (χ0n) is 17.5. The first-order valence-corrected chi connectivity index (χ1v) is 10.9. The van der Waals surface area contributed by atoms with Crippen LogP contribution in [-0.2, 0) is 14.4 Å². The molecule has 0 fully saturated rings. The van der Waals surface area contributed by atoms with Gasteiger partial charge in [-0.3, -0.25) is 9.59 Å². The van der Waals surface area contributed by atoms with E-state index in [2.05, 4.69) is 24.4 Å². The van der Waals surface area contributed by atoms with Crippen LogP contribution in [0.5, 0.6) is 0 Å². The topological polar surface area (TPSA) is 104 Å². The molecule has 0 saturated carbocycles. The van der Waals surface area contributed by atoms with Crippen molar-refractivity contribution in [2.75, 3.05) is 0 Å². The van der Waals surface area contributed by atoms with Crippen molar-refractivity contribution in [1.29, 1.82) is 0 Å². The van der Waals surface area contributed by atoms with Crippen molar-refractivity contribution in [2.24, 2.45) is 0 Å². The van der Waals surface area contributed by atoms with Crippen molar-refractivity contribution in [3.8, 4) is 0 Å². The molecule has 6 heteroatoms. The van der Waals surface area contributed by atoms with Crippen LogP contribution in [-0.4, -0.2) is 34.1 Å². The predicted molar refractivity (Wildman–Crippen MR) is 111 cm³/mol. The predicted octanol–water partition coefficient (Wildman–Crippen LogP) is 5.07. The number of carboxylic acids is 2. The Morgan fingerprint density at radius 3 is 1.79 bits per heavy atom. The summed E-state index contributed by atoms with van der Waals surface area (Å²) in [7, 11) is 0. The molecule has 6 nitrogen and oxygen atoms in total. The first-order valence-electron chi connectivity index (χ1n) is 10.9. The van der Waals surface area contributed by atoms with Crippen molar-refractivity contribution in [1.82, 2.24) is 5.32 Å². The Morgan fingerprint density at radius 1 is 0.786 bits per heavy atom. The number of rotatable bonds is 19. The zero-order chi connectivity index (χ0) is 21.0. The minimum absolute atomic E-state index is 0.238. The monoisotopic (exact) mass is 397 g/mol. The lowest BCUT2D eigenvalue weighted by Crippen LogP contribution is -2.42. The van der Waals surface area contributed by atoms with Gasteiger partial charge in [-0.2, -0.15) is 0 Å². The van der Waals surface area contributed by atoms with Gasteiger partial charge >= 0.3 is 11.9 Å². The molecule has 0 heterocycles. The van der Waals surface area contributed by atoms with Crippen LogP contribution in [0.3, 0.4) is 0 Å². The van der Waals surface area contributed by atoms with Crippen LogP contribution < -0.4 is 5.32 Å². The normalized spacial score (nSPS) is 12.2. The van der Waals surface area contributed by atoms with E-state index in [9.17, 15) is 14.4 Å². The molecule has 0 aromatic carbocycles. The van der Waals surface area contributed by atoms with Gasteiger partial charge in [-0.1, -0.05) is 70.4 Å². The molecule has 0 radical (unpaired) electrons. The molecule has 1 amide bonds. The van der Waals surface area contributed by atoms with Gasteiger partial charge in [0, 0.05) is 6.42 Å². The Kier molecular flexibility index (Phi) is 17.3. The second-order valence-electron chi connectivity index (χ2n) is 7.39. The summed E-state index contributed by atoms with van der Waals surface area (Å²) in [5, 5.41) is 19.8. The molecule has 0 aromatic heterocycles. The molecule has 1 unspecified atom stereocenters.